The summed E-state index contributed by atoms with van der Waals surface area (Å²) in [4.78, 5) is 0. The molecule has 0 heterocycles. The highest BCUT2D eigenvalue weighted by molar-refractivity contribution is 6.33. The fraction of sp³-hybridized carbons (Fsp3) is 0.0769. The Hall–Kier alpha value is -1.61. The summed E-state index contributed by atoms with van der Waals surface area (Å²) in [6, 6.07) is 7.69. The van der Waals surface area contributed by atoms with Crippen LogP contribution in [-0.2, 0) is 0 Å². The second-order valence-electron chi connectivity index (χ2n) is 3.81. The highest BCUT2D eigenvalue weighted by atomic mass is 35.5. The van der Waals surface area contributed by atoms with E-state index in [-0.39, 0.29) is 5.56 Å². The Morgan fingerprint density at radius 3 is 2.47 bits per heavy atom. The van der Waals surface area contributed by atoms with Crippen LogP contribution >= 0.6 is 11.6 Å². The van der Waals surface area contributed by atoms with E-state index >= 15 is 0 Å². The molecule has 2 aromatic rings. The Balaban J connectivity index is 2.69. The molecule has 1 nitrogen and oxygen atoms in total. The lowest BCUT2D eigenvalue weighted by Crippen LogP contribution is -1.98. The third-order valence-corrected chi connectivity index (χ3v) is 2.87. The van der Waals surface area contributed by atoms with Crippen LogP contribution in [0.3, 0.4) is 0 Å². The molecule has 4 heteroatoms. The van der Waals surface area contributed by atoms with Crippen LogP contribution in [0.1, 0.15) is 5.56 Å². The van der Waals surface area contributed by atoms with E-state index in [0.29, 0.717) is 10.6 Å². The maximum absolute atomic E-state index is 13.8. The summed E-state index contributed by atoms with van der Waals surface area (Å²) in [6.07, 6.45) is 0. The summed E-state index contributed by atoms with van der Waals surface area (Å²) in [7, 11) is 0. The predicted octanol–water partition coefficient (Wildman–Crippen LogP) is 4.18. The van der Waals surface area contributed by atoms with Crippen molar-refractivity contribution in [2.45, 2.75) is 6.92 Å². The largest absolute Gasteiger partial charge is 0.394 e. The number of nitrogens with two attached hydrogens (primary N) is 1. The minimum absolute atomic E-state index is 0.206. The molecule has 0 amide bonds. The van der Waals surface area contributed by atoms with Crippen LogP contribution in [0.5, 0.6) is 0 Å². The molecule has 2 N–H and O–H groups in total. The first-order valence-corrected chi connectivity index (χ1v) is 5.38. The summed E-state index contributed by atoms with van der Waals surface area (Å²) >= 11 is 5.99. The monoisotopic (exact) mass is 253 g/mol. The normalized spacial score (nSPS) is 10.6. The molecule has 0 fully saturated rings. The highest BCUT2D eigenvalue weighted by Crippen LogP contribution is 2.33. The molecule has 0 aromatic heterocycles. The average Bonchev–Trinajstić information content (AvgIpc) is 2.30. The summed E-state index contributed by atoms with van der Waals surface area (Å²) in [5.74, 6) is -1.55. The van der Waals surface area contributed by atoms with Gasteiger partial charge < -0.3 is 5.73 Å². The molecule has 88 valence electrons. The van der Waals surface area contributed by atoms with Crippen molar-refractivity contribution in [3.8, 4) is 11.1 Å². The topological polar surface area (TPSA) is 26.0 Å². The van der Waals surface area contributed by atoms with Gasteiger partial charge in [-0.25, -0.2) is 8.78 Å². The van der Waals surface area contributed by atoms with Gasteiger partial charge in [0, 0.05) is 16.1 Å². The Labute approximate surface area is 103 Å². The second-order valence-corrected chi connectivity index (χ2v) is 4.21. The lowest BCUT2D eigenvalue weighted by molar-refractivity contribution is 0.594. The fourth-order valence-electron chi connectivity index (χ4n) is 1.62. The van der Waals surface area contributed by atoms with Gasteiger partial charge in [-0.3, -0.25) is 0 Å². The van der Waals surface area contributed by atoms with E-state index in [1.807, 2.05) is 13.0 Å². The molecule has 0 saturated carbocycles. The van der Waals surface area contributed by atoms with E-state index in [1.165, 1.54) is 6.07 Å². The first-order valence-electron chi connectivity index (χ1n) is 5.00. The lowest BCUT2D eigenvalue weighted by Gasteiger charge is -2.09. The average molecular weight is 254 g/mol. The summed E-state index contributed by atoms with van der Waals surface area (Å²) in [6.45, 7) is 1.87. The van der Waals surface area contributed by atoms with Crippen LogP contribution in [0.15, 0.2) is 30.3 Å². The minimum atomic E-state index is -0.780. The zero-order valence-electron chi connectivity index (χ0n) is 9.10. The molecule has 0 aliphatic carbocycles. The van der Waals surface area contributed by atoms with Crippen molar-refractivity contribution in [3.05, 3.63) is 52.6 Å². The van der Waals surface area contributed by atoms with Gasteiger partial charge >= 0.3 is 0 Å². The molecule has 2 aromatic carbocycles. The maximum atomic E-state index is 13.8. The van der Waals surface area contributed by atoms with Crippen molar-refractivity contribution in [1.29, 1.82) is 0 Å². The molecule has 0 atom stereocenters. The van der Waals surface area contributed by atoms with Crippen molar-refractivity contribution in [2.75, 3.05) is 5.73 Å². The second kappa shape index (κ2) is 4.34. The van der Waals surface area contributed by atoms with Crippen LogP contribution < -0.4 is 5.73 Å². The first kappa shape index (κ1) is 11.9. The molecule has 0 unspecified atom stereocenters. The van der Waals surface area contributed by atoms with Crippen molar-refractivity contribution >= 4 is 17.3 Å². The zero-order chi connectivity index (χ0) is 12.6. The molecule has 2 rings (SSSR count). The molecule has 0 saturated heterocycles. The van der Waals surface area contributed by atoms with Crippen LogP contribution in [-0.4, -0.2) is 0 Å². The van der Waals surface area contributed by atoms with Crippen LogP contribution in [0.2, 0.25) is 5.02 Å². The number of rotatable bonds is 1. The lowest BCUT2D eigenvalue weighted by atomic mass is 10.0. The Kier molecular flexibility index (Phi) is 3.03. The van der Waals surface area contributed by atoms with E-state index in [4.69, 9.17) is 17.3 Å². The van der Waals surface area contributed by atoms with Crippen LogP contribution in [0, 0.1) is 18.6 Å². The first-order chi connectivity index (χ1) is 8.00. The number of anilines is 1. The fourth-order valence-corrected chi connectivity index (χ4v) is 1.84. The Morgan fingerprint density at radius 1 is 1.06 bits per heavy atom. The standard InChI is InChI=1S/C13H10ClF2N/c1-7-2-4-10(14)9(6-7)8-3-5-11(15)13(17)12(8)16/h2-6H,17H2,1H3. The number of aryl methyl sites for hydroxylation is 1. The molecule has 0 aliphatic heterocycles. The number of benzene rings is 2. The molecule has 17 heavy (non-hydrogen) atoms. The van der Waals surface area contributed by atoms with E-state index in [1.54, 1.807) is 12.1 Å². The maximum Gasteiger partial charge on any atom is 0.156 e. The van der Waals surface area contributed by atoms with E-state index in [0.717, 1.165) is 11.6 Å². The van der Waals surface area contributed by atoms with E-state index in [9.17, 15) is 8.78 Å². The van der Waals surface area contributed by atoms with Gasteiger partial charge in [0.15, 0.2) is 5.82 Å². The van der Waals surface area contributed by atoms with Gasteiger partial charge in [0.2, 0.25) is 0 Å². The number of hydrogen-bond acceptors (Lipinski definition) is 1. The van der Waals surface area contributed by atoms with Gasteiger partial charge in [-0.1, -0.05) is 23.2 Å². The van der Waals surface area contributed by atoms with Gasteiger partial charge in [0.1, 0.15) is 11.5 Å². The van der Waals surface area contributed by atoms with E-state index < -0.39 is 17.3 Å². The van der Waals surface area contributed by atoms with Gasteiger partial charge in [-0.15, -0.1) is 0 Å². The molecular formula is C13H10ClF2N. The van der Waals surface area contributed by atoms with Crippen LogP contribution in [0.25, 0.3) is 11.1 Å². The van der Waals surface area contributed by atoms with E-state index in [2.05, 4.69) is 0 Å². The Bertz CT molecular complexity index is 582. The third-order valence-electron chi connectivity index (χ3n) is 2.54. The van der Waals surface area contributed by atoms with Gasteiger partial charge in [0.05, 0.1) is 0 Å². The number of hydrogen-bond donors (Lipinski definition) is 1. The van der Waals surface area contributed by atoms with Crippen molar-refractivity contribution < 1.29 is 8.78 Å². The SMILES string of the molecule is Cc1ccc(Cl)c(-c2ccc(F)c(N)c2F)c1. The molecule has 0 bridgehead atoms. The zero-order valence-corrected chi connectivity index (χ0v) is 9.85. The third kappa shape index (κ3) is 2.11. The number of halogens is 3. The van der Waals surface area contributed by atoms with Gasteiger partial charge in [-0.05, 0) is 31.2 Å². The summed E-state index contributed by atoms with van der Waals surface area (Å²) in [5.41, 5.74) is 6.48. The van der Waals surface area contributed by atoms with Crippen molar-refractivity contribution in [1.82, 2.24) is 0 Å². The number of nitrogen functional groups attached to an aromatic ring is 1. The highest BCUT2D eigenvalue weighted by Gasteiger charge is 2.14. The minimum Gasteiger partial charge on any atom is -0.394 e. The molecule has 0 spiro atoms. The molecule has 0 radical (unpaired) electrons. The van der Waals surface area contributed by atoms with Crippen molar-refractivity contribution in [3.63, 3.8) is 0 Å². The van der Waals surface area contributed by atoms with Crippen molar-refractivity contribution in [2.24, 2.45) is 0 Å². The van der Waals surface area contributed by atoms with Crippen LogP contribution in [0.4, 0.5) is 14.5 Å². The predicted molar refractivity (Wildman–Crippen MR) is 66.0 cm³/mol. The van der Waals surface area contributed by atoms with Gasteiger partial charge in [-0.2, -0.15) is 0 Å². The van der Waals surface area contributed by atoms with Gasteiger partial charge in [0.25, 0.3) is 0 Å². The quantitative estimate of drug-likeness (QED) is 0.758. The summed E-state index contributed by atoms with van der Waals surface area (Å²) < 4.78 is 26.9. The molecule has 0 aliphatic rings. The smallest absolute Gasteiger partial charge is 0.156 e. The summed E-state index contributed by atoms with van der Waals surface area (Å²) in [5, 5.41) is 0.403. The molecular weight excluding hydrogens is 244 g/mol. The Morgan fingerprint density at radius 2 is 1.76 bits per heavy atom.